The Labute approximate surface area is 164 Å². The Balaban J connectivity index is 2.60. The van der Waals surface area contributed by atoms with Crippen LogP contribution in [0.15, 0.2) is 28.2 Å². The maximum absolute atomic E-state index is 12.2. The third-order valence-corrected chi connectivity index (χ3v) is 5.02. The van der Waals surface area contributed by atoms with Crippen molar-refractivity contribution in [3.63, 3.8) is 0 Å². The molecule has 0 unspecified atom stereocenters. The zero-order chi connectivity index (χ0) is 20.1. The van der Waals surface area contributed by atoms with Gasteiger partial charge < -0.3 is 9.72 Å². The van der Waals surface area contributed by atoms with E-state index >= 15 is 0 Å². The van der Waals surface area contributed by atoms with E-state index in [4.69, 9.17) is 4.74 Å². The van der Waals surface area contributed by atoms with Crippen LogP contribution in [0.25, 0.3) is 11.3 Å². The number of aromatic amines is 1. The first-order valence-corrected chi connectivity index (χ1v) is 10.1. The van der Waals surface area contributed by atoms with E-state index in [1.165, 1.54) is 11.8 Å². The molecule has 1 heterocycles. The van der Waals surface area contributed by atoms with Crippen LogP contribution < -0.4 is 10.3 Å². The largest absolute Gasteiger partial charge is 0.496 e. The van der Waals surface area contributed by atoms with E-state index in [1.807, 2.05) is 30.5 Å². The number of thioether (sulfide) groups is 1. The highest BCUT2D eigenvalue weighted by Crippen LogP contribution is 2.29. The molecule has 0 aliphatic rings. The quantitative estimate of drug-likeness (QED) is 0.578. The number of aromatic nitrogens is 2. The van der Waals surface area contributed by atoms with Crippen molar-refractivity contribution in [3.05, 3.63) is 39.7 Å². The normalized spacial score (nSPS) is 11.3. The monoisotopic (exact) mass is 386 g/mol. The van der Waals surface area contributed by atoms with Crippen molar-refractivity contribution in [1.29, 1.82) is 5.26 Å². The average Bonchev–Trinajstić information content (AvgIpc) is 2.64. The summed E-state index contributed by atoms with van der Waals surface area (Å²) < 4.78 is 5.54. The Kier molecular flexibility index (Phi) is 7.05. The van der Waals surface area contributed by atoms with Gasteiger partial charge in [-0.3, -0.25) is 9.69 Å². The minimum absolute atomic E-state index is 0.0218. The van der Waals surface area contributed by atoms with Crippen LogP contribution in [-0.4, -0.2) is 40.3 Å². The molecule has 0 saturated carbocycles. The number of nitriles is 1. The first-order valence-electron chi connectivity index (χ1n) is 8.83. The van der Waals surface area contributed by atoms with E-state index in [1.54, 1.807) is 7.11 Å². The highest BCUT2D eigenvalue weighted by atomic mass is 32.2. The standard InChI is InChI=1S/C20H26N4O2S/c1-12(2)24(13(3)4)11-15-9-14(7-8-17(15)26-5)18-16(10-21)19(25)23-20(22-18)27-6/h7-9,12-13H,11H2,1-6H3,(H,22,23,25). The third-order valence-electron chi connectivity index (χ3n) is 4.44. The lowest BCUT2D eigenvalue weighted by Crippen LogP contribution is -2.36. The smallest absolute Gasteiger partial charge is 0.270 e. The fraction of sp³-hybridized carbons (Fsp3) is 0.450. The van der Waals surface area contributed by atoms with Gasteiger partial charge in [0, 0.05) is 29.8 Å². The molecule has 27 heavy (non-hydrogen) atoms. The van der Waals surface area contributed by atoms with E-state index < -0.39 is 5.56 Å². The number of hydrogen-bond donors (Lipinski definition) is 1. The summed E-state index contributed by atoms with van der Waals surface area (Å²) in [6, 6.07) is 8.39. The summed E-state index contributed by atoms with van der Waals surface area (Å²) in [6.45, 7) is 9.34. The van der Waals surface area contributed by atoms with Gasteiger partial charge in [0.05, 0.1) is 12.8 Å². The molecule has 0 spiro atoms. The van der Waals surface area contributed by atoms with Crippen LogP contribution in [-0.2, 0) is 6.54 Å². The molecular formula is C20H26N4O2S. The number of rotatable bonds is 7. The molecule has 2 rings (SSSR count). The van der Waals surface area contributed by atoms with Gasteiger partial charge in [-0.2, -0.15) is 5.26 Å². The maximum atomic E-state index is 12.2. The van der Waals surface area contributed by atoms with Crippen molar-refractivity contribution in [2.75, 3.05) is 13.4 Å². The number of benzene rings is 1. The lowest BCUT2D eigenvalue weighted by molar-refractivity contribution is 0.164. The van der Waals surface area contributed by atoms with Crippen LogP contribution in [0.2, 0.25) is 0 Å². The summed E-state index contributed by atoms with van der Waals surface area (Å²) >= 11 is 1.33. The van der Waals surface area contributed by atoms with Crippen LogP contribution >= 0.6 is 11.8 Å². The molecule has 144 valence electrons. The van der Waals surface area contributed by atoms with Crippen LogP contribution in [0.4, 0.5) is 0 Å². The molecule has 0 atom stereocenters. The average molecular weight is 387 g/mol. The maximum Gasteiger partial charge on any atom is 0.270 e. The van der Waals surface area contributed by atoms with Crippen molar-refractivity contribution in [2.45, 2.75) is 51.5 Å². The van der Waals surface area contributed by atoms with Gasteiger partial charge in [0.25, 0.3) is 5.56 Å². The molecular weight excluding hydrogens is 360 g/mol. The number of hydrogen-bond acceptors (Lipinski definition) is 6. The molecule has 1 N–H and O–H groups in total. The molecule has 0 bridgehead atoms. The number of nitrogens with one attached hydrogen (secondary N) is 1. The molecule has 0 amide bonds. The first kappa shape index (κ1) is 21.0. The van der Waals surface area contributed by atoms with Crippen molar-refractivity contribution in [2.24, 2.45) is 0 Å². The van der Waals surface area contributed by atoms with Gasteiger partial charge >= 0.3 is 0 Å². The predicted octanol–water partition coefficient (Wildman–Crippen LogP) is 3.66. The number of methoxy groups -OCH3 is 1. The minimum Gasteiger partial charge on any atom is -0.496 e. The van der Waals surface area contributed by atoms with Gasteiger partial charge in [0.15, 0.2) is 5.16 Å². The van der Waals surface area contributed by atoms with Crippen molar-refractivity contribution < 1.29 is 4.74 Å². The second kappa shape index (κ2) is 9.07. The van der Waals surface area contributed by atoms with E-state index in [2.05, 4.69) is 42.6 Å². The molecule has 0 aliphatic heterocycles. The lowest BCUT2D eigenvalue weighted by atomic mass is 10.0. The van der Waals surface area contributed by atoms with E-state index in [9.17, 15) is 10.1 Å². The SMILES string of the molecule is COc1ccc(-c2nc(SC)[nH]c(=O)c2C#N)cc1CN(C(C)C)C(C)C. The molecule has 1 aromatic heterocycles. The zero-order valence-corrected chi connectivity index (χ0v) is 17.5. The van der Waals surface area contributed by atoms with Crippen molar-refractivity contribution in [1.82, 2.24) is 14.9 Å². The molecule has 0 aliphatic carbocycles. The topological polar surface area (TPSA) is 82.0 Å². The van der Waals surface area contributed by atoms with Crippen molar-refractivity contribution >= 4 is 11.8 Å². The van der Waals surface area contributed by atoms with Gasteiger partial charge in [-0.15, -0.1) is 0 Å². The van der Waals surface area contributed by atoms with Gasteiger partial charge in [0.2, 0.25) is 0 Å². The summed E-state index contributed by atoms with van der Waals surface area (Å²) in [4.78, 5) is 21.7. The van der Waals surface area contributed by atoms with Crippen LogP contribution in [0.5, 0.6) is 5.75 Å². The lowest BCUT2D eigenvalue weighted by Gasteiger charge is -2.31. The van der Waals surface area contributed by atoms with Crippen LogP contribution in [0, 0.1) is 11.3 Å². The van der Waals surface area contributed by atoms with E-state index in [0.29, 0.717) is 29.5 Å². The molecule has 0 saturated heterocycles. The molecule has 2 aromatic rings. The third kappa shape index (κ3) is 4.71. The van der Waals surface area contributed by atoms with E-state index in [-0.39, 0.29) is 5.56 Å². The van der Waals surface area contributed by atoms with Crippen LogP contribution in [0.1, 0.15) is 38.8 Å². The zero-order valence-electron chi connectivity index (χ0n) is 16.7. The number of nitrogens with zero attached hydrogens (tertiary/aromatic N) is 3. The highest BCUT2D eigenvalue weighted by Gasteiger charge is 2.19. The molecule has 7 heteroatoms. The Morgan fingerprint density at radius 2 is 1.96 bits per heavy atom. The Morgan fingerprint density at radius 1 is 1.30 bits per heavy atom. The Bertz CT molecular complexity index is 892. The summed E-state index contributed by atoms with van der Waals surface area (Å²) in [7, 11) is 1.64. The second-order valence-electron chi connectivity index (χ2n) is 6.80. The Hall–Kier alpha value is -2.30. The second-order valence-corrected chi connectivity index (χ2v) is 7.59. The van der Waals surface area contributed by atoms with Gasteiger partial charge in [-0.05, 0) is 52.1 Å². The van der Waals surface area contributed by atoms with Crippen LogP contribution in [0.3, 0.4) is 0 Å². The summed E-state index contributed by atoms with van der Waals surface area (Å²) in [5.74, 6) is 0.776. The van der Waals surface area contributed by atoms with Gasteiger partial charge in [-0.25, -0.2) is 4.98 Å². The van der Waals surface area contributed by atoms with Gasteiger partial charge in [0.1, 0.15) is 17.4 Å². The molecule has 0 radical (unpaired) electrons. The Morgan fingerprint density at radius 3 is 2.48 bits per heavy atom. The molecule has 0 fully saturated rings. The first-order chi connectivity index (χ1) is 12.8. The predicted molar refractivity (Wildman–Crippen MR) is 109 cm³/mol. The number of H-pyrrole nitrogens is 1. The summed E-state index contributed by atoms with van der Waals surface area (Å²) in [6.07, 6.45) is 1.83. The summed E-state index contributed by atoms with van der Waals surface area (Å²) in [5.41, 5.74) is 1.73. The fourth-order valence-electron chi connectivity index (χ4n) is 3.07. The minimum atomic E-state index is -0.421. The van der Waals surface area contributed by atoms with E-state index in [0.717, 1.165) is 16.9 Å². The number of ether oxygens (including phenoxy) is 1. The molecule has 1 aromatic carbocycles. The highest BCUT2D eigenvalue weighted by molar-refractivity contribution is 7.98. The van der Waals surface area contributed by atoms with Gasteiger partial charge in [-0.1, -0.05) is 11.8 Å². The summed E-state index contributed by atoms with van der Waals surface area (Å²) in [5, 5.41) is 9.92. The molecule has 6 nitrogen and oxygen atoms in total. The van der Waals surface area contributed by atoms with Crippen molar-refractivity contribution in [3.8, 4) is 23.1 Å². The fourth-order valence-corrected chi connectivity index (χ4v) is 3.45.